The maximum Gasteiger partial charge on any atom is 0.256 e. The smallest absolute Gasteiger partial charge is 0.256 e. The highest BCUT2D eigenvalue weighted by Crippen LogP contribution is 2.22. The zero-order valence-corrected chi connectivity index (χ0v) is 23.3. The second-order valence-electron chi connectivity index (χ2n) is 8.93. The number of ether oxygens (including phenoxy) is 1. The fraction of sp³-hybridized carbons (Fsp3) is 0.250. The third-order valence-corrected chi connectivity index (χ3v) is 5.97. The largest absolute Gasteiger partial charge is 0.496 e. The third kappa shape index (κ3) is 7.89. The zero-order chi connectivity index (χ0) is 28.4. The highest BCUT2D eigenvalue weighted by molar-refractivity contribution is 6.15. The van der Waals surface area contributed by atoms with Gasteiger partial charge in [0.05, 0.1) is 24.9 Å². The number of carbonyl (C=O) groups excluding carboxylic acids is 2. The number of amidine groups is 1. The summed E-state index contributed by atoms with van der Waals surface area (Å²) in [6.07, 6.45) is 0.838. The molecule has 7 heteroatoms. The number of hydrogen-bond donors (Lipinski definition) is 1. The predicted molar refractivity (Wildman–Crippen MR) is 156 cm³/mol. The Bertz CT molecular complexity index is 1480. The van der Waals surface area contributed by atoms with Crippen LogP contribution in [0.15, 0.2) is 76.8 Å². The maximum absolute atomic E-state index is 12.9. The molecule has 3 rings (SSSR count). The van der Waals surface area contributed by atoms with Gasteiger partial charge in [-0.25, -0.2) is 10.0 Å². The average Bonchev–Trinajstić information content (AvgIpc) is 2.93. The minimum absolute atomic E-state index is 0.164. The van der Waals surface area contributed by atoms with Gasteiger partial charge in [-0.3, -0.25) is 9.59 Å². The van der Waals surface area contributed by atoms with Crippen LogP contribution in [0.3, 0.4) is 0 Å². The Morgan fingerprint density at radius 2 is 1.77 bits per heavy atom. The SMILES string of the molecule is CC#C/C(=N\N(Cc1cccc(C(=O)NC(C)=Nc2ccccc2C)c1)C(C)=O)c1cc(CC)ccc1OC. The molecule has 2 amide bonds. The van der Waals surface area contributed by atoms with E-state index in [-0.39, 0.29) is 18.4 Å². The van der Waals surface area contributed by atoms with Gasteiger partial charge in [-0.15, -0.1) is 0 Å². The molecule has 39 heavy (non-hydrogen) atoms. The number of hydrazone groups is 1. The van der Waals surface area contributed by atoms with E-state index in [0.717, 1.165) is 28.8 Å². The van der Waals surface area contributed by atoms with Gasteiger partial charge >= 0.3 is 0 Å². The van der Waals surface area contributed by atoms with Crippen LogP contribution >= 0.6 is 0 Å². The van der Waals surface area contributed by atoms with Gasteiger partial charge in [0.2, 0.25) is 5.91 Å². The van der Waals surface area contributed by atoms with E-state index in [2.05, 4.69) is 34.2 Å². The molecule has 0 atom stereocenters. The average molecular weight is 523 g/mol. The van der Waals surface area contributed by atoms with E-state index in [4.69, 9.17) is 4.74 Å². The van der Waals surface area contributed by atoms with Crippen molar-refractivity contribution in [3.63, 3.8) is 0 Å². The van der Waals surface area contributed by atoms with Crippen molar-refractivity contribution in [1.82, 2.24) is 10.3 Å². The van der Waals surface area contributed by atoms with E-state index in [1.165, 1.54) is 11.9 Å². The summed E-state index contributed by atoms with van der Waals surface area (Å²) in [5.41, 5.74) is 5.25. The van der Waals surface area contributed by atoms with Crippen LogP contribution in [0.5, 0.6) is 5.75 Å². The summed E-state index contributed by atoms with van der Waals surface area (Å²) in [5.74, 6) is 6.47. The lowest BCUT2D eigenvalue weighted by molar-refractivity contribution is -0.129. The fourth-order valence-electron chi connectivity index (χ4n) is 3.88. The van der Waals surface area contributed by atoms with Gasteiger partial charge in [-0.05, 0) is 80.1 Å². The van der Waals surface area contributed by atoms with Crippen molar-refractivity contribution in [3.05, 3.63) is 94.5 Å². The van der Waals surface area contributed by atoms with Crippen molar-refractivity contribution in [2.45, 2.75) is 47.6 Å². The minimum Gasteiger partial charge on any atom is -0.496 e. The molecule has 0 heterocycles. The van der Waals surface area contributed by atoms with Gasteiger partial charge in [0.15, 0.2) is 0 Å². The van der Waals surface area contributed by atoms with Crippen LogP contribution in [0.25, 0.3) is 0 Å². The number of rotatable bonds is 8. The molecule has 0 bridgehead atoms. The Balaban J connectivity index is 1.87. The van der Waals surface area contributed by atoms with E-state index in [1.54, 1.807) is 39.2 Å². The van der Waals surface area contributed by atoms with Crippen molar-refractivity contribution in [1.29, 1.82) is 0 Å². The van der Waals surface area contributed by atoms with Crippen LogP contribution in [0.1, 0.15) is 60.3 Å². The fourth-order valence-corrected chi connectivity index (χ4v) is 3.88. The molecular formula is C32H34N4O3. The molecule has 0 radical (unpaired) electrons. The van der Waals surface area contributed by atoms with Gasteiger partial charge in [-0.1, -0.05) is 49.2 Å². The Labute approximate surface area is 230 Å². The van der Waals surface area contributed by atoms with Gasteiger partial charge in [0, 0.05) is 12.5 Å². The molecule has 0 aliphatic carbocycles. The normalized spacial score (nSPS) is 11.3. The van der Waals surface area contributed by atoms with Crippen LogP contribution in [-0.4, -0.2) is 35.5 Å². The van der Waals surface area contributed by atoms with Crippen LogP contribution in [0.4, 0.5) is 5.69 Å². The molecule has 0 spiro atoms. The molecule has 0 aliphatic heterocycles. The molecule has 3 aromatic carbocycles. The molecule has 0 aliphatic rings. The topological polar surface area (TPSA) is 83.4 Å². The summed E-state index contributed by atoms with van der Waals surface area (Å²) in [6, 6.07) is 20.6. The van der Waals surface area contributed by atoms with Crippen molar-refractivity contribution < 1.29 is 14.3 Å². The molecule has 0 fully saturated rings. The highest BCUT2D eigenvalue weighted by Gasteiger charge is 2.16. The number of carbonyl (C=O) groups is 2. The molecule has 0 saturated carbocycles. The number of methoxy groups -OCH3 is 1. The van der Waals surface area contributed by atoms with E-state index < -0.39 is 0 Å². The van der Waals surface area contributed by atoms with Gasteiger partial charge in [0.1, 0.15) is 17.3 Å². The first-order valence-corrected chi connectivity index (χ1v) is 12.7. The minimum atomic E-state index is -0.289. The van der Waals surface area contributed by atoms with Crippen LogP contribution in [0.2, 0.25) is 0 Å². The second kappa shape index (κ2) is 13.7. The zero-order valence-electron chi connectivity index (χ0n) is 23.3. The van der Waals surface area contributed by atoms with Gasteiger partial charge in [-0.2, -0.15) is 5.10 Å². The van der Waals surface area contributed by atoms with E-state index in [9.17, 15) is 9.59 Å². The summed E-state index contributed by atoms with van der Waals surface area (Å²) in [5, 5.41) is 8.81. The molecule has 0 saturated heterocycles. The monoisotopic (exact) mass is 522 g/mol. The number of aryl methyl sites for hydroxylation is 2. The first-order chi connectivity index (χ1) is 18.7. The van der Waals surface area contributed by atoms with E-state index in [1.807, 2.05) is 55.5 Å². The summed E-state index contributed by atoms with van der Waals surface area (Å²) in [7, 11) is 1.59. The maximum atomic E-state index is 12.9. The molecule has 0 unspecified atom stereocenters. The van der Waals surface area contributed by atoms with Crippen molar-refractivity contribution >= 4 is 29.0 Å². The lowest BCUT2D eigenvalue weighted by Crippen LogP contribution is -2.28. The van der Waals surface area contributed by atoms with Crippen LogP contribution in [0, 0.1) is 18.8 Å². The Morgan fingerprint density at radius 1 is 1.00 bits per heavy atom. The Hall–Kier alpha value is -4.70. The number of benzene rings is 3. The first-order valence-electron chi connectivity index (χ1n) is 12.7. The van der Waals surface area contributed by atoms with E-state index in [0.29, 0.717) is 28.4 Å². The lowest BCUT2D eigenvalue weighted by atomic mass is 10.0. The van der Waals surface area contributed by atoms with Gasteiger partial charge in [0.25, 0.3) is 5.91 Å². The number of hydrogen-bond acceptors (Lipinski definition) is 5. The summed E-state index contributed by atoms with van der Waals surface area (Å²) >= 11 is 0. The number of nitrogens with zero attached hydrogens (tertiary/aromatic N) is 3. The molecule has 7 nitrogen and oxygen atoms in total. The second-order valence-corrected chi connectivity index (χ2v) is 8.93. The third-order valence-electron chi connectivity index (χ3n) is 5.97. The summed E-state index contributed by atoms with van der Waals surface area (Å²) in [4.78, 5) is 30.1. The van der Waals surface area contributed by atoms with Crippen LogP contribution in [-0.2, 0) is 17.8 Å². The number of amides is 2. The predicted octanol–water partition coefficient (Wildman–Crippen LogP) is 5.82. The first kappa shape index (κ1) is 28.9. The summed E-state index contributed by atoms with van der Waals surface area (Å²) < 4.78 is 5.54. The molecular weight excluding hydrogens is 488 g/mol. The van der Waals surface area contributed by atoms with Crippen molar-refractivity contribution in [2.24, 2.45) is 10.1 Å². The molecule has 200 valence electrons. The summed E-state index contributed by atoms with van der Waals surface area (Å²) in [6.45, 7) is 9.11. The number of nitrogens with one attached hydrogen (secondary N) is 1. The van der Waals surface area contributed by atoms with E-state index >= 15 is 0 Å². The molecule has 1 N–H and O–H groups in total. The standard InChI is InChI=1S/C32H34N4O3/c1-7-12-30(28-20-25(8-2)17-18-31(28)39-6)35-36(24(5)37)21-26-14-11-15-27(19-26)32(38)34-23(4)33-29-16-10-9-13-22(29)3/h9-11,13-20H,8,21H2,1-6H3,(H,33,34,38)/b35-30+. The van der Waals surface area contributed by atoms with Crippen LogP contribution < -0.4 is 10.1 Å². The highest BCUT2D eigenvalue weighted by atomic mass is 16.5. The van der Waals surface area contributed by atoms with Crippen molar-refractivity contribution in [3.8, 4) is 17.6 Å². The Morgan fingerprint density at radius 3 is 2.44 bits per heavy atom. The molecule has 3 aromatic rings. The number of para-hydroxylation sites is 1. The van der Waals surface area contributed by atoms with Gasteiger partial charge < -0.3 is 10.1 Å². The lowest BCUT2D eigenvalue weighted by Gasteiger charge is -2.18. The molecule has 0 aromatic heterocycles. The number of aliphatic imine (C=N–C) groups is 1. The quantitative estimate of drug-likeness (QED) is 0.175. The van der Waals surface area contributed by atoms with Crippen molar-refractivity contribution in [2.75, 3.05) is 7.11 Å². The Kier molecular flexibility index (Phi) is 10.2.